The van der Waals surface area contributed by atoms with Gasteiger partial charge < -0.3 is 14.6 Å². The second kappa shape index (κ2) is 7.98. The lowest BCUT2D eigenvalue weighted by molar-refractivity contribution is -0.141. The molecule has 0 bridgehead atoms. The Kier molecular flexibility index (Phi) is 5.33. The van der Waals surface area contributed by atoms with E-state index in [4.69, 9.17) is 14.5 Å². The lowest BCUT2D eigenvalue weighted by atomic mass is 9.58. The molecule has 2 aromatic rings. The van der Waals surface area contributed by atoms with Crippen LogP contribution in [0.15, 0.2) is 18.3 Å². The molecule has 8 heteroatoms. The van der Waals surface area contributed by atoms with Gasteiger partial charge >= 0.3 is 6.18 Å². The van der Waals surface area contributed by atoms with Gasteiger partial charge in [0.05, 0.1) is 11.7 Å². The standard InChI is InChI=1S/C27H31F3N2O3/c1-15(2)23-21-22(20-17(32-23)12-25(6-3-7-25)13-18(20)33)26(8-10-34-11-9-26)35-24(21)16-4-5-19(31-14-16)27(28,29)30/h4-5,14-15,18,24,33H,3,6-13H2,1-2H3/t18?,24-/m1/s1. The molecule has 2 atom stereocenters. The third-order valence-electron chi connectivity index (χ3n) is 8.59. The molecule has 0 aromatic carbocycles. The average Bonchev–Trinajstić information content (AvgIpc) is 3.11. The molecule has 1 N–H and O–H groups in total. The zero-order valence-electron chi connectivity index (χ0n) is 20.1. The van der Waals surface area contributed by atoms with Gasteiger partial charge in [-0.15, -0.1) is 0 Å². The highest BCUT2D eigenvalue weighted by Gasteiger charge is 2.54. The Morgan fingerprint density at radius 3 is 2.40 bits per heavy atom. The van der Waals surface area contributed by atoms with Crippen molar-refractivity contribution < 1.29 is 27.8 Å². The van der Waals surface area contributed by atoms with E-state index in [9.17, 15) is 18.3 Å². The molecule has 1 saturated carbocycles. The molecule has 188 valence electrons. The highest BCUT2D eigenvalue weighted by atomic mass is 19.4. The van der Waals surface area contributed by atoms with Crippen LogP contribution in [0.25, 0.3) is 0 Å². The fourth-order valence-corrected chi connectivity index (χ4v) is 6.75. The summed E-state index contributed by atoms with van der Waals surface area (Å²) in [4.78, 5) is 8.87. The van der Waals surface area contributed by atoms with E-state index >= 15 is 0 Å². The maximum absolute atomic E-state index is 13.2. The van der Waals surface area contributed by atoms with Crippen LogP contribution in [-0.2, 0) is 27.7 Å². The van der Waals surface area contributed by atoms with Crippen molar-refractivity contribution in [3.8, 4) is 0 Å². The summed E-state index contributed by atoms with van der Waals surface area (Å²) in [5, 5.41) is 11.5. The van der Waals surface area contributed by atoms with Crippen molar-refractivity contribution in [2.75, 3.05) is 13.2 Å². The minimum atomic E-state index is -4.50. The summed E-state index contributed by atoms with van der Waals surface area (Å²) >= 11 is 0. The number of ether oxygens (including phenoxy) is 2. The highest BCUT2D eigenvalue weighted by molar-refractivity contribution is 5.54. The van der Waals surface area contributed by atoms with Crippen molar-refractivity contribution in [3.05, 3.63) is 57.7 Å². The van der Waals surface area contributed by atoms with E-state index in [0.717, 1.165) is 59.8 Å². The molecule has 2 aliphatic carbocycles. The number of hydrogen-bond donors (Lipinski definition) is 1. The maximum atomic E-state index is 13.2. The zero-order chi connectivity index (χ0) is 24.6. The zero-order valence-corrected chi connectivity index (χ0v) is 20.1. The first-order chi connectivity index (χ1) is 16.6. The lowest BCUT2D eigenvalue weighted by Gasteiger charge is -2.48. The molecule has 2 aliphatic heterocycles. The summed E-state index contributed by atoms with van der Waals surface area (Å²) in [6.45, 7) is 5.24. The van der Waals surface area contributed by atoms with Crippen LogP contribution >= 0.6 is 0 Å². The fourth-order valence-electron chi connectivity index (χ4n) is 6.75. The molecule has 0 amide bonds. The molecule has 1 unspecified atom stereocenters. The van der Waals surface area contributed by atoms with E-state index in [1.807, 2.05) is 0 Å². The van der Waals surface area contributed by atoms with Gasteiger partial charge in [0.1, 0.15) is 11.8 Å². The van der Waals surface area contributed by atoms with Gasteiger partial charge in [0.15, 0.2) is 0 Å². The van der Waals surface area contributed by atoms with Crippen LogP contribution in [0.2, 0.25) is 0 Å². The van der Waals surface area contributed by atoms with Gasteiger partial charge in [0.25, 0.3) is 0 Å². The summed E-state index contributed by atoms with van der Waals surface area (Å²) in [5.41, 5.74) is 3.85. The normalized spacial score (nSPS) is 26.6. The van der Waals surface area contributed by atoms with Crippen LogP contribution in [0, 0.1) is 5.41 Å². The highest BCUT2D eigenvalue weighted by Crippen LogP contribution is 2.60. The summed E-state index contributed by atoms with van der Waals surface area (Å²) < 4.78 is 52.0. The van der Waals surface area contributed by atoms with E-state index in [0.29, 0.717) is 31.6 Å². The first-order valence-corrected chi connectivity index (χ1v) is 12.7. The number of aliphatic hydroxyl groups is 1. The molecular formula is C27H31F3N2O3. The quantitative estimate of drug-likeness (QED) is 0.571. The van der Waals surface area contributed by atoms with E-state index in [1.54, 1.807) is 0 Å². The summed E-state index contributed by atoms with van der Waals surface area (Å²) in [5.74, 6) is 0.0916. The predicted octanol–water partition coefficient (Wildman–Crippen LogP) is 5.89. The summed E-state index contributed by atoms with van der Waals surface area (Å²) in [7, 11) is 0. The largest absolute Gasteiger partial charge is 0.433 e. The van der Waals surface area contributed by atoms with E-state index in [-0.39, 0.29) is 11.3 Å². The number of halogens is 3. The molecule has 35 heavy (non-hydrogen) atoms. The van der Waals surface area contributed by atoms with E-state index in [1.165, 1.54) is 18.7 Å². The first kappa shape index (κ1) is 23.4. The Balaban J connectivity index is 1.55. The lowest BCUT2D eigenvalue weighted by Crippen LogP contribution is -2.40. The van der Waals surface area contributed by atoms with E-state index < -0.39 is 29.7 Å². The van der Waals surface area contributed by atoms with Gasteiger partial charge in [-0.05, 0) is 48.6 Å². The SMILES string of the molecule is CC(C)c1nc2c(c3c1[C@@H](c1ccc(C(F)(F)F)nc1)OC31CCOCC1)C(O)CC1(CCC1)C2. The second-order valence-electron chi connectivity index (χ2n) is 11.1. The second-order valence-corrected chi connectivity index (χ2v) is 11.1. The van der Waals surface area contributed by atoms with Crippen LogP contribution in [0.3, 0.4) is 0 Å². The average molecular weight is 489 g/mol. The molecule has 6 rings (SSSR count). The molecule has 2 aromatic heterocycles. The number of nitrogens with zero attached hydrogens (tertiary/aromatic N) is 2. The van der Waals surface area contributed by atoms with Gasteiger partial charge in [-0.3, -0.25) is 9.97 Å². The molecule has 2 spiro atoms. The smallest absolute Gasteiger partial charge is 0.388 e. The Morgan fingerprint density at radius 1 is 1.09 bits per heavy atom. The maximum Gasteiger partial charge on any atom is 0.433 e. The van der Waals surface area contributed by atoms with Crippen LogP contribution < -0.4 is 0 Å². The Morgan fingerprint density at radius 2 is 1.83 bits per heavy atom. The topological polar surface area (TPSA) is 64.5 Å². The van der Waals surface area contributed by atoms with Crippen molar-refractivity contribution >= 4 is 0 Å². The number of aromatic nitrogens is 2. The van der Waals surface area contributed by atoms with Gasteiger partial charge in [0.2, 0.25) is 0 Å². The van der Waals surface area contributed by atoms with Crippen LogP contribution in [-0.4, -0.2) is 28.3 Å². The Labute approximate surface area is 203 Å². The number of fused-ring (bicyclic) bond motifs is 4. The third-order valence-corrected chi connectivity index (χ3v) is 8.59. The minimum Gasteiger partial charge on any atom is -0.388 e. The summed E-state index contributed by atoms with van der Waals surface area (Å²) in [6.07, 6.45) is 1.88. The number of pyridine rings is 2. The fraction of sp³-hybridized carbons (Fsp3) is 0.630. The monoisotopic (exact) mass is 488 g/mol. The molecule has 4 heterocycles. The molecular weight excluding hydrogens is 457 g/mol. The van der Waals surface area contributed by atoms with E-state index in [2.05, 4.69) is 18.8 Å². The first-order valence-electron chi connectivity index (χ1n) is 12.7. The van der Waals surface area contributed by atoms with Crippen molar-refractivity contribution in [1.29, 1.82) is 0 Å². The molecule has 0 radical (unpaired) electrons. The van der Waals surface area contributed by atoms with Gasteiger partial charge in [-0.25, -0.2) is 0 Å². The number of aliphatic hydroxyl groups excluding tert-OH is 1. The summed E-state index contributed by atoms with van der Waals surface area (Å²) in [6, 6.07) is 2.48. The van der Waals surface area contributed by atoms with Crippen LogP contribution in [0.1, 0.15) is 110 Å². The third kappa shape index (κ3) is 3.63. The van der Waals surface area contributed by atoms with Crippen molar-refractivity contribution in [2.45, 2.75) is 88.7 Å². The van der Waals surface area contributed by atoms with Crippen molar-refractivity contribution in [1.82, 2.24) is 9.97 Å². The van der Waals surface area contributed by atoms with Gasteiger partial charge in [-0.2, -0.15) is 13.2 Å². The van der Waals surface area contributed by atoms with Gasteiger partial charge in [-0.1, -0.05) is 26.3 Å². The predicted molar refractivity (Wildman–Crippen MR) is 122 cm³/mol. The number of alkyl halides is 3. The number of hydrogen-bond acceptors (Lipinski definition) is 5. The van der Waals surface area contributed by atoms with Crippen LogP contribution in [0.4, 0.5) is 13.2 Å². The molecule has 5 nitrogen and oxygen atoms in total. The van der Waals surface area contributed by atoms with Crippen molar-refractivity contribution in [3.63, 3.8) is 0 Å². The number of rotatable bonds is 2. The van der Waals surface area contributed by atoms with Gasteiger partial charge in [0, 0.05) is 60.3 Å². The Bertz CT molecular complexity index is 1140. The minimum absolute atomic E-state index is 0.0916. The molecule has 1 saturated heterocycles. The molecule has 2 fully saturated rings. The van der Waals surface area contributed by atoms with Crippen LogP contribution in [0.5, 0.6) is 0 Å². The Hall–Kier alpha value is -2.03. The van der Waals surface area contributed by atoms with Crippen molar-refractivity contribution in [2.24, 2.45) is 5.41 Å². The molecule has 4 aliphatic rings.